The largest absolute Gasteiger partial charge is 0.439 e. The molecule has 0 bridgehead atoms. The average Bonchev–Trinajstić information content (AvgIpc) is 2.64. The monoisotopic (exact) mass is 361 g/mol. The molecule has 5 heteroatoms. The predicted molar refractivity (Wildman–Crippen MR) is 109 cm³/mol. The molecule has 1 aromatic heterocycles. The summed E-state index contributed by atoms with van der Waals surface area (Å²) in [6.45, 7) is 6.51. The number of urea groups is 1. The van der Waals surface area contributed by atoms with Crippen molar-refractivity contribution in [1.82, 2.24) is 4.98 Å². The van der Waals surface area contributed by atoms with Crippen LogP contribution in [0.1, 0.15) is 26.3 Å². The Morgan fingerprint density at radius 1 is 0.852 bits per heavy atom. The normalized spacial score (nSPS) is 10.9. The van der Waals surface area contributed by atoms with E-state index in [1.165, 1.54) is 5.56 Å². The lowest BCUT2D eigenvalue weighted by atomic mass is 9.87. The van der Waals surface area contributed by atoms with Crippen LogP contribution in [0.3, 0.4) is 0 Å². The zero-order valence-electron chi connectivity index (χ0n) is 15.7. The maximum Gasteiger partial charge on any atom is 0.323 e. The molecule has 5 nitrogen and oxygen atoms in total. The zero-order chi connectivity index (χ0) is 19.3. The molecule has 0 spiro atoms. The summed E-state index contributed by atoms with van der Waals surface area (Å²) in [4.78, 5) is 16.2. The van der Waals surface area contributed by atoms with E-state index < -0.39 is 0 Å². The second-order valence-electron chi connectivity index (χ2n) is 7.21. The van der Waals surface area contributed by atoms with E-state index in [0.717, 1.165) is 11.4 Å². The Labute approximate surface area is 159 Å². The summed E-state index contributed by atoms with van der Waals surface area (Å²) in [6, 6.07) is 20.4. The van der Waals surface area contributed by atoms with Crippen LogP contribution in [-0.2, 0) is 5.41 Å². The third-order valence-electron chi connectivity index (χ3n) is 3.97. The van der Waals surface area contributed by atoms with E-state index in [0.29, 0.717) is 11.6 Å². The number of amides is 2. The minimum atomic E-state index is -0.325. The first-order chi connectivity index (χ1) is 12.9. The molecule has 2 aromatic carbocycles. The second-order valence-corrected chi connectivity index (χ2v) is 7.21. The molecule has 3 rings (SSSR count). The maximum atomic E-state index is 12.0. The summed E-state index contributed by atoms with van der Waals surface area (Å²) in [7, 11) is 0. The van der Waals surface area contributed by atoms with E-state index in [1.807, 2.05) is 42.5 Å². The third kappa shape index (κ3) is 5.31. The number of ether oxygens (including phenoxy) is 1. The predicted octanol–water partition coefficient (Wildman–Crippen LogP) is 5.82. The van der Waals surface area contributed by atoms with Gasteiger partial charge in [-0.05, 0) is 41.3 Å². The van der Waals surface area contributed by atoms with Gasteiger partial charge >= 0.3 is 6.03 Å². The SMILES string of the molecule is CC(C)(C)c1ccc(Oc2ccc(NC(=O)Nc3ccccc3)cn2)cc1. The molecule has 0 saturated heterocycles. The Hall–Kier alpha value is -3.34. The van der Waals surface area contributed by atoms with Gasteiger partial charge in [-0.15, -0.1) is 0 Å². The molecule has 0 aliphatic heterocycles. The summed E-state index contributed by atoms with van der Waals surface area (Å²) in [5.41, 5.74) is 2.65. The summed E-state index contributed by atoms with van der Waals surface area (Å²) in [5, 5.41) is 5.49. The van der Waals surface area contributed by atoms with Crippen molar-refractivity contribution in [3.63, 3.8) is 0 Å². The molecule has 2 N–H and O–H groups in total. The first-order valence-corrected chi connectivity index (χ1v) is 8.78. The number of nitrogens with zero attached hydrogens (tertiary/aromatic N) is 1. The van der Waals surface area contributed by atoms with Crippen LogP contribution >= 0.6 is 0 Å². The molecule has 1 heterocycles. The van der Waals surface area contributed by atoms with Gasteiger partial charge in [0.1, 0.15) is 5.75 Å². The summed E-state index contributed by atoms with van der Waals surface area (Å²) < 4.78 is 5.76. The maximum absolute atomic E-state index is 12.0. The number of hydrogen-bond acceptors (Lipinski definition) is 3. The number of nitrogens with one attached hydrogen (secondary N) is 2. The number of anilines is 2. The van der Waals surface area contributed by atoms with Gasteiger partial charge in [0, 0.05) is 11.8 Å². The van der Waals surface area contributed by atoms with E-state index in [-0.39, 0.29) is 11.4 Å². The molecule has 138 valence electrons. The fourth-order valence-electron chi connectivity index (χ4n) is 2.47. The van der Waals surface area contributed by atoms with Crippen molar-refractivity contribution >= 4 is 17.4 Å². The summed E-state index contributed by atoms with van der Waals surface area (Å²) in [5.74, 6) is 1.19. The fourth-order valence-corrected chi connectivity index (χ4v) is 2.47. The molecule has 2 amide bonds. The molecule has 0 aliphatic carbocycles. The number of aromatic nitrogens is 1. The number of rotatable bonds is 4. The standard InChI is InChI=1S/C22H23N3O2/c1-22(2,3)16-9-12-19(13-10-16)27-20-14-11-18(15-23-20)25-21(26)24-17-7-5-4-6-8-17/h4-15H,1-3H3,(H2,24,25,26). The van der Waals surface area contributed by atoms with Crippen molar-refractivity contribution in [2.75, 3.05) is 10.6 Å². The molecule has 0 unspecified atom stereocenters. The highest BCUT2D eigenvalue weighted by molar-refractivity contribution is 5.99. The highest BCUT2D eigenvalue weighted by atomic mass is 16.5. The van der Waals surface area contributed by atoms with E-state index in [2.05, 4.69) is 48.5 Å². The van der Waals surface area contributed by atoms with Gasteiger partial charge in [-0.2, -0.15) is 0 Å². The van der Waals surface area contributed by atoms with Crippen LogP contribution in [0.5, 0.6) is 11.6 Å². The Morgan fingerprint density at radius 3 is 2.11 bits per heavy atom. The van der Waals surface area contributed by atoms with Gasteiger partial charge in [0.15, 0.2) is 0 Å². The highest BCUT2D eigenvalue weighted by Crippen LogP contribution is 2.26. The van der Waals surface area contributed by atoms with Gasteiger partial charge in [0.05, 0.1) is 11.9 Å². The topological polar surface area (TPSA) is 63.2 Å². The number of benzene rings is 2. The van der Waals surface area contributed by atoms with Crippen molar-refractivity contribution in [1.29, 1.82) is 0 Å². The van der Waals surface area contributed by atoms with E-state index in [4.69, 9.17) is 4.74 Å². The summed E-state index contributed by atoms with van der Waals surface area (Å²) in [6.07, 6.45) is 1.56. The van der Waals surface area contributed by atoms with Gasteiger partial charge in [0.2, 0.25) is 5.88 Å². The van der Waals surface area contributed by atoms with E-state index >= 15 is 0 Å². The highest BCUT2D eigenvalue weighted by Gasteiger charge is 2.13. The van der Waals surface area contributed by atoms with Crippen LogP contribution in [0.2, 0.25) is 0 Å². The minimum Gasteiger partial charge on any atom is -0.439 e. The molecule has 0 fully saturated rings. The molecular formula is C22H23N3O2. The average molecular weight is 361 g/mol. The molecule has 0 saturated carbocycles. The van der Waals surface area contributed by atoms with Crippen LogP contribution in [0.4, 0.5) is 16.2 Å². The Balaban J connectivity index is 1.58. The number of hydrogen-bond donors (Lipinski definition) is 2. The van der Waals surface area contributed by atoms with Crippen molar-refractivity contribution in [3.05, 3.63) is 78.5 Å². The molecule has 3 aromatic rings. The quantitative estimate of drug-likeness (QED) is 0.616. The van der Waals surface area contributed by atoms with Crippen LogP contribution < -0.4 is 15.4 Å². The molecule has 0 radical (unpaired) electrons. The van der Waals surface area contributed by atoms with Crippen molar-refractivity contribution in [2.45, 2.75) is 26.2 Å². The molecule has 27 heavy (non-hydrogen) atoms. The van der Waals surface area contributed by atoms with E-state index in [9.17, 15) is 4.79 Å². The van der Waals surface area contributed by atoms with Crippen LogP contribution in [0.15, 0.2) is 72.9 Å². The number of pyridine rings is 1. The van der Waals surface area contributed by atoms with Crippen LogP contribution in [0, 0.1) is 0 Å². The summed E-state index contributed by atoms with van der Waals surface area (Å²) >= 11 is 0. The van der Waals surface area contributed by atoms with Gasteiger partial charge in [-0.25, -0.2) is 9.78 Å². The zero-order valence-corrected chi connectivity index (χ0v) is 15.7. The van der Waals surface area contributed by atoms with Gasteiger partial charge in [-0.1, -0.05) is 51.1 Å². The third-order valence-corrected chi connectivity index (χ3v) is 3.97. The molecule has 0 atom stereocenters. The minimum absolute atomic E-state index is 0.102. The lowest BCUT2D eigenvalue weighted by Crippen LogP contribution is -2.19. The second kappa shape index (κ2) is 7.91. The van der Waals surface area contributed by atoms with E-state index in [1.54, 1.807) is 18.3 Å². The van der Waals surface area contributed by atoms with Crippen molar-refractivity contribution in [3.8, 4) is 11.6 Å². The van der Waals surface area contributed by atoms with Gasteiger partial charge < -0.3 is 15.4 Å². The fraction of sp³-hybridized carbons (Fsp3) is 0.182. The van der Waals surface area contributed by atoms with Crippen LogP contribution in [0.25, 0.3) is 0 Å². The van der Waals surface area contributed by atoms with Crippen molar-refractivity contribution in [2.24, 2.45) is 0 Å². The lowest BCUT2D eigenvalue weighted by molar-refractivity contribution is 0.262. The number of carbonyl (C=O) groups is 1. The van der Waals surface area contributed by atoms with Crippen LogP contribution in [-0.4, -0.2) is 11.0 Å². The number of carbonyl (C=O) groups excluding carboxylic acids is 1. The first-order valence-electron chi connectivity index (χ1n) is 8.78. The smallest absolute Gasteiger partial charge is 0.323 e. The van der Waals surface area contributed by atoms with Gasteiger partial charge in [0.25, 0.3) is 0 Å². The Kier molecular flexibility index (Phi) is 5.41. The first kappa shape index (κ1) is 18.5. The number of para-hydroxylation sites is 1. The lowest BCUT2D eigenvalue weighted by Gasteiger charge is -2.19. The van der Waals surface area contributed by atoms with Gasteiger partial charge in [-0.3, -0.25) is 0 Å². The molecule has 0 aliphatic rings. The Bertz CT molecular complexity index is 884. The molecular weight excluding hydrogens is 338 g/mol. The Morgan fingerprint density at radius 2 is 1.52 bits per heavy atom. The van der Waals surface area contributed by atoms with Crippen molar-refractivity contribution < 1.29 is 9.53 Å².